The number of aromatic nitrogens is 1. The van der Waals surface area contributed by atoms with Crippen LogP contribution in [-0.2, 0) is 10.0 Å². The molecule has 7 heteroatoms. The van der Waals surface area contributed by atoms with Crippen LogP contribution in [0.3, 0.4) is 0 Å². The van der Waals surface area contributed by atoms with Gasteiger partial charge in [-0.2, -0.15) is 0 Å². The molecule has 68 valence electrons. The van der Waals surface area contributed by atoms with Crippen LogP contribution in [0.2, 0.25) is 0 Å². The van der Waals surface area contributed by atoms with Gasteiger partial charge in [0.1, 0.15) is 0 Å². The Bertz CT molecular complexity index is 365. The Morgan fingerprint density at radius 2 is 2.08 bits per heavy atom. The van der Waals surface area contributed by atoms with Gasteiger partial charge in [-0.15, -0.1) is 4.24 Å². The molecule has 13 heavy (non-hydrogen) atoms. The van der Waals surface area contributed by atoms with E-state index in [0.29, 0.717) is 0 Å². The summed E-state index contributed by atoms with van der Waals surface area (Å²) < 4.78 is 23.7. The van der Waals surface area contributed by atoms with E-state index in [2.05, 4.69) is 4.98 Å². The van der Waals surface area contributed by atoms with Gasteiger partial charge in [-0.3, -0.25) is 0 Å². The number of nitrogens with zero attached hydrogens (tertiary/aromatic N) is 1. The van der Waals surface area contributed by atoms with Gasteiger partial charge in [0.15, 0.2) is 5.03 Å². The van der Waals surface area contributed by atoms with E-state index in [1.807, 2.05) is 6.92 Å². The first-order valence-corrected chi connectivity index (χ1v) is 4.97. The van der Waals surface area contributed by atoms with Gasteiger partial charge in [0, 0.05) is 6.20 Å². The van der Waals surface area contributed by atoms with Gasteiger partial charge in [0.2, 0.25) is 0 Å². The van der Waals surface area contributed by atoms with E-state index >= 15 is 0 Å². The summed E-state index contributed by atoms with van der Waals surface area (Å²) in [6, 6.07) is 3.04. The molecule has 4 nitrogen and oxygen atoms in total. The summed E-state index contributed by atoms with van der Waals surface area (Å²) in [5.74, 6) is 0. The van der Waals surface area contributed by atoms with Gasteiger partial charge in [0.25, 0.3) is 10.0 Å². The molecule has 0 spiro atoms. The summed E-state index contributed by atoms with van der Waals surface area (Å²) >= 11 is 4.99. The average molecular weight is 231 g/mol. The molecule has 1 aromatic heterocycles. The van der Waals surface area contributed by atoms with Crippen molar-refractivity contribution in [2.24, 2.45) is 0 Å². The number of hydrogen-bond donors (Lipinski definition) is 1. The summed E-state index contributed by atoms with van der Waals surface area (Å²) in [7, 11) is -3.61. The topological polar surface area (TPSA) is 59.1 Å². The fourth-order valence-electron chi connectivity index (χ4n) is 0.653. The van der Waals surface area contributed by atoms with E-state index in [4.69, 9.17) is 11.8 Å². The second-order valence-corrected chi connectivity index (χ2v) is 4.30. The van der Waals surface area contributed by atoms with E-state index in [-0.39, 0.29) is 34.6 Å². The van der Waals surface area contributed by atoms with Crippen LogP contribution < -0.4 is 4.24 Å². The normalized spacial score (nSPS) is 10.6. The molecule has 0 radical (unpaired) electrons. The van der Waals surface area contributed by atoms with Crippen molar-refractivity contribution in [3.63, 3.8) is 0 Å². The first-order valence-electron chi connectivity index (χ1n) is 3.11. The third-order valence-corrected chi connectivity index (χ3v) is 2.87. The van der Waals surface area contributed by atoms with E-state index in [1.165, 1.54) is 12.3 Å². The molecule has 0 fully saturated rings. The third kappa shape index (κ3) is 3.53. The predicted molar refractivity (Wildman–Crippen MR) is 52.3 cm³/mol. The number of nitrogens with one attached hydrogen (secondary N) is 1. The zero-order valence-electron chi connectivity index (χ0n) is 6.28. The van der Waals surface area contributed by atoms with Crippen molar-refractivity contribution in [1.82, 2.24) is 9.23 Å². The standard InChI is InChI=1S/C6H7ClN2O2S.Na.H/c1-5-2-3-6(8-4-5)12(10,11)9-7;;/h2-4,9H,1H3;;. The molecule has 1 N–H and O–H groups in total. The molecule has 0 aliphatic carbocycles. The molecule has 1 rings (SSSR count). The van der Waals surface area contributed by atoms with Crippen molar-refractivity contribution in [2.75, 3.05) is 0 Å². The minimum atomic E-state index is -3.61. The summed E-state index contributed by atoms with van der Waals surface area (Å²) in [5.41, 5.74) is 0.892. The summed E-state index contributed by atoms with van der Waals surface area (Å²) in [5, 5.41) is -0.0805. The molecular formula is C6H8ClN2NaO2S. The van der Waals surface area contributed by atoms with Gasteiger partial charge in [-0.1, -0.05) is 6.07 Å². The molecule has 0 aliphatic rings. The van der Waals surface area contributed by atoms with Gasteiger partial charge in [0.05, 0.1) is 0 Å². The van der Waals surface area contributed by atoms with Crippen molar-refractivity contribution >= 4 is 51.4 Å². The van der Waals surface area contributed by atoms with Gasteiger partial charge >= 0.3 is 29.6 Å². The fourth-order valence-corrected chi connectivity index (χ4v) is 1.41. The molecule has 0 saturated heterocycles. The number of rotatable bonds is 2. The molecule has 0 aliphatic heterocycles. The van der Waals surface area contributed by atoms with Crippen molar-refractivity contribution in [1.29, 1.82) is 0 Å². The maximum absolute atomic E-state index is 11.0. The quantitative estimate of drug-likeness (QED) is 0.582. The minimum absolute atomic E-state index is 0. The monoisotopic (exact) mass is 230 g/mol. The SMILES string of the molecule is Cc1ccc(S(=O)(=O)NCl)nc1.[NaH]. The molecule has 1 aromatic rings. The Hall–Kier alpha value is 0.350. The van der Waals surface area contributed by atoms with E-state index in [9.17, 15) is 8.42 Å². The molecule has 0 atom stereocenters. The van der Waals surface area contributed by atoms with Crippen molar-refractivity contribution < 1.29 is 8.42 Å². The van der Waals surface area contributed by atoms with Crippen LogP contribution in [0.4, 0.5) is 0 Å². The molecule has 0 aromatic carbocycles. The Balaban J connectivity index is 0.00000144. The van der Waals surface area contributed by atoms with Crippen molar-refractivity contribution in [3.05, 3.63) is 23.9 Å². The average Bonchev–Trinajstić information content (AvgIpc) is 2.05. The number of hydrogen-bond acceptors (Lipinski definition) is 3. The first kappa shape index (κ1) is 13.4. The van der Waals surface area contributed by atoms with Crippen molar-refractivity contribution in [2.45, 2.75) is 11.9 Å². The number of halogens is 1. The predicted octanol–water partition coefficient (Wildman–Crippen LogP) is 0.174. The maximum atomic E-state index is 11.0. The number of aryl methyl sites for hydroxylation is 1. The van der Waals surface area contributed by atoms with Crippen LogP contribution in [-0.4, -0.2) is 43.0 Å². The number of pyridine rings is 1. The summed E-state index contributed by atoms with van der Waals surface area (Å²) in [4.78, 5) is 3.69. The van der Waals surface area contributed by atoms with Crippen LogP contribution in [0.5, 0.6) is 0 Å². The Morgan fingerprint density at radius 3 is 2.46 bits per heavy atom. The van der Waals surface area contributed by atoms with E-state index < -0.39 is 10.0 Å². The Labute approximate surface area is 104 Å². The van der Waals surface area contributed by atoms with Crippen molar-refractivity contribution in [3.8, 4) is 0 Å². The van der Waals surface area contributed by atoms with Crippen LogP contribution in [0, 0.1) is 6.92 Å². The van der Waals surface area contributed by atoms with Crippen LogP contribution >= 0.6 is 11.8 Å². The molecule has 0 saturated carbocycles. The third-order valence-electron chi connectivity index (χ3n) is 1.26. The van der Waals surface area contributed by atoms with E-state index in [1.54, 1.807) is 10.3 Å². The second-order valence-electron chi connectivity index (χ2n) is 2.25. The fraction of sp³-hybridized carbons (Fsp3) is 0.167. The second kappa shape index (κ2) is 5.29. The number of sulfonamides is 1. The van der Waals surface area contributed by atoms with Crippen LogP contribution in [0.1, 0.15) is 5.56 Å². The van der Waals surface area contributed by atoms with Gasteiger partial charge in [-0.25, -0.2) is 13.4 Å². The van der Waals surface area contributed by atoms with Gasteiger partial charge in [-0.05, 0) is 30.3 Å². The summed E-state index contributed by atoms with van der Waals surface area (Å²) in [6.07, 6.45) is 1.46. The molecule has 0 amide bonds. The van der Waals surface area contributed by atoms with Crippen LogP contribution in [0.15, 0.2) is 23.4 Å². The first-order chi connectivity index (χ1) is 5.56. The molecule has 1 heterocycles. The molecular weight excluding hydrogens is 223 g/mol. The molecule has 0 bridgehead atoms. The molecule has 0 unspecified atom stereocenters. The Morgan fingerprint density at radius 1 is 1.46 bits per heavy atom. The zero-order chi connectivity index (χ0) is 9.19. The van der Waals surface area contributed by atoms with Crippen LogP contribution in [0.25, 0.3) is 0 Å². The Kier molecular flexibility index (Phi) is 5.43. The van der Waals surface area contributed by atoms with Gasteiger partial charge < -0.3 is 0 Å². The van der Waals surface area contributed by atoms with E-state index in [0.717, 1.165) is 5.56 Å². The summed E-state index contributed by atoms with van der Waals surface area (Å²) in [6.45, 7) is 1.82. The zero-order valence-corrected chi connectivity index (χ0v) is 7.85.